The minimum absolute atomic E-state index is 0.184. The lowest BCUT2D eigenvalue weighted by molar-refractivity contribution is 0.0994. The highest BCUT2D eigenvalue weighted by Gasteiger charge is 2.14. The van der Waals surface area contributed by atoms with E-state index in [1.807, 2.05) is 0 Å². The van der Waals surface area contributed by atoms with Crippen molar-refractivity contribution in [2.75, 3.05) is 13.2 Å². The number of hydrogen-bond donors (Lipinski definition) is 1. The maximum Gasteiger partial charge on any atom is 0.267 e. The number of amides is 1. The number of hydrogen-bond acceptors (Lipinski definition) is 4. The third-order valence-electron chi connectivity index (χ3n) is 1.68. The number of aromatic nitrogens is 1. The van der Waals surface area contributed by atoms with E-state index in [2.05, 4.69) is 4.98 Å². The first-order valence-corrected chi connectivity index (χ1v) is 3.83. The molecule has 0 aliphatic carbocycles. The van der Waals surface area contributed by atoms with E-state index >= 15 is 0 Å². The van der Waals surface area contributed by atoms with Gasteiger partial charge in [-0.25, -0.2) is 4.98 Å². The molecule has 0 saturated heterocycles. The van der Waals surface area contributed by atoms with Gasteiger partial charge in [-0.1, -0.05) is 0 Å². The van der Waals surface area contributed by atoms with Crippen molar-refractivity contribution < 1.29 is 14.3 Å². The van der Waals surface area contributed by atoms with E-state index in [4.69, 9.17) is 15.2 Å². The predicted molar refractivity (Wildman–Crippen MR) is 43.7 cm³/mol. The molecule has 0 radical (unpaired) electrons. The molecule has 1 amide bonds. The molecular formula is C8H8N2O3. The quantitative estimate of drug-likeness (QED) is 0.657. The van der Waals surface area contributed by atoms with Crippen LogP contribution >= 0.6 is 0 Å². The van der Waals surface area contributed by atoms with Gasteiger partial charge in [0, 0.05) is 6.07 Å². The minimum atomic E-state index is -0.572. The molecule has 1 aromatic rings. The summed E-state index contributed by atoms with van der Waals surface area (Å²) in [6, 6.07) is 1.48. The molecular weight excluding hydrogens is 172 g/mol. The van der Waals surface area contributed by atoms with Gasteiger partial charge in [0.25, 0.3) is 5.91 Å². The third-order valence-corrected chi connectivity index (χ3v) is 1.68. The summed E-state index contributed by atoms with van der Waals surface area (Å²) >= 11 is 0. The van der Waals surface area contributed by atoms with Gasteiger partial charge in [0.15, 0.2) is 11.5 Å². The van der Waals surface area contributed by atoms with Crippen molar-refractivity contribution in [2.24, 2.45) is 5.73 Å². The molecule has 0 bridgehead atoms. The Morgan fingerprint density at radius 2 is 2.08 bits per heavy atom. The molecule has 2 N–H and O–H groups in total. The van der Waals surface area contributed by atoms with E-state index in [1.54, 1.807) is 0 Å². The Labute approximate surface area is 74.5 Å². The minimum Gasteiger partial charge on any atom is -0.486 e. The Morgan fingerprint density at radius 3 is 2.77 bits per heavy atom. The Morgan fingerprint density at radius 1 is 1.38 bits per heavy atom. The second kappa shape index (κ2) is 2.93. The summed E-state index contributed by atoms with van der Waals surface area (Å²) in [7, 11) is 0. The van der Waals surface area contributed by atoms with Crippen molar-refractivity contribution in [2.45, 2.75) is 0 Å². The summed E-state index contributed by atoms with van der Waals surface area (Å²) in [6.07, 6.45) is 1.44. The molecule has 0 saturated carbocycles. The number of nitrogens with two attached hydrogens (primary N) is 1. The average Bonchev–Trinajstić information content (AvgIpc) is 2.17. The van der Waals surface area contributed by atoms with Crippen LogP contribution in [0.2, 0.25) is 0 Å². The molecule has 0 aromatic carbocycles. The summed E-state index contributed by atoms with van der Waals surface area (Å²) in [6.45, 7) is 0.986. The number of carbonyl (C=O) groups excluding carboxylic acids is 1. The zero-order valence-electron chi connectivity index (χ0n) is 6.82. The standard InChI is InChI=1S/C8H8N2O3/c9-8(11)5-3-6-7(4-10-5)13-2-1-12-6/h3-4H,1-2H2,(H2,9,11). The lowest BCUT2D eigenvalue weighted by Crippen LogP contribution is -2.18. The molecule has 1 aliphatic heterocycles. The van der Waals surface area contributed by atoms with Crippen molar-refractivity contribution >= 4 is 5.91 Å². The number of ether oxygens (including phenoxy) is 2. The maximum atomic E-state index is 10.8. The monoisotopic (exact) mass is 180 g/mol. The van der Waals surface area contributed by atoms with Crippen molar-refractivity contribution in [1.29, 1.82) is 0 Å². The summed E-state index contributed by atoms with van der Waals surface area (Å²) in [5, 5.41) is 0. The normalized spacial score (nSPS) is 13.8. The first kappa shape index (κ1) is 7.85. The molecule has 5 nitrogen and oxygen atoms in total. The van der Waals surface area contributed by atoms with Gasteiger partial charge in [-0.3, -0.25) is 4.79 Å². The number of pyridine rings is 1. The van der Waals surface area contributed by atoms with Crippen molar-refractivity contribution in [3.05, 3.63) is 18.0 Å². The number of primary amides is 1. The molecule has 1 aromatic heterocycles. The van der Waals surface area contributed by atoms with Crippen LogP contribution in [0.5, 0.6) is 11.5 Å². The SMILES string of the molecule is NC(=O)c1cc2c(cn1)OCCO2. The van der Waals surface area contributed by atoms with Gasteiger partial charge in [-0.05, 0) is 0 Å². The predicted octanol–water partition coefficient (Wildman–Crippen LogP) is -0.0483. The van der Waals surface area contributed by atoms with Crippen LogP contribution in [0.3, 0.4) is 0 Å². The number of nitrogens with zero attached hydrogens (tertiary/aromatic N) is 1. The van der Waals surface area contributed by atoms with Crippen LogP contribution in [0.1, 0.15) is 10.5 Å². The Hall–Kier alpha value is -1.78. The van der Waals surface area contributed by atoms with Crippen LogP contribution in [-0.2, 0) is 0 Å². The number of carbonyl (C=O) groups is 1. The molecule has 5 heteroatoms. The fraction of sp³-hybridized carbons (Fsp3) is 0.250. The van der Waals surface area contributed by atoms with E-state index in [-0.39, 0.29) is 5.69 Å². The van der Waals surface area contributed by atoms with Crippen LogP contribution in [0.15, 0.2) is 12.3 Å². The molecule has 0 unspecified atom stereocenters. The van der Waals surface area contributed by atoms with Gasteiger partial charge in [0.05, 0.1) is 6.20 Å². The second-order valence-electron chi connectivity index (χ2n) is 2.58. The molecule has 2 heterocycles. The Kier molecular flexibility index (Phi) is 1.77. The highest BCUT2D eigenvalue weighted by atomic mass is 16.6. The van der Waals surface area contributed by atoms with E-state index in [1.165, 1.54) is 12.3 Å². The maximum absolute atomic E-state index is 10.8. The van der Waals surface area contributed by atoms with Crippen molar-refractivity contribution in [3.63, 3.8) is 0 Å². The van der Waals surface area contributed by atoms with Gasteiger partial charge < -0.3 is 15.2 Å². The second-order valence-corrected chi connectivity index (χ2v) is 2.58. The first-order chi connectivity index (χ1) is 6.27. The fourth-order valence-corrected chi connectivity index (χ4v) is 1.08. The van der Waals surface area contributed by atoms with Gasteiger partial charge in [-0.15, -0.1) is 0 Å². The molecule has 1 aliphatic rings. The molecule has 2 rings (SSSR count). The summed E-state index contributed by atoms with van der Waals surface area (Å²) in [5.74, 6) is 0.503. The highest BCUT2D eigenvalue weighted by molar-refractivity contribution is 5.91. The summed E-state index contributed by atoms with van der Waals surface area (Å²) < 4.78 is 10.5. The molecule has 13 heavy (non-hydrogen) atoms. The molecule has 0 spiro atoms. The summed E-state index contributed by atoms with van der Waals surface area (Å²) in [5.41, 5.74) is 5.23. The van der Waals surface area contributed by atoms with Crippen LogP contribution in [-0.4, -0.2) is 24.1 Å². The van der Waals surface area contributed by atoms with Gasteiger partial charge in [0.2, 0.25) is 0 Å². The zero-order valence-corrected chi connectivity index (χ0v) is 6.82. The van der Waals surface area contributed by atoms with Crippen LogP contribution < -0.4 is 15.2 Å². The van der Waals surface area contributed by atoms with Crippen molar-refractivity contribution in [3.8, 4) is 11.5 Å². The fourth-order valence-electron chi connectivity index (χ4n) is 1.08. The number of rotatable bonds is 1. The lowest BCUT2D eigenvalue weighted by atomic mass is 10.3. The Balaban J connectivity index is 2.40. The average molecular weight is 180 g/mol. The highest BCUT2D eigenvalue weighted by Crippen LogP contribution is 2.28. The van der Waals surface area contributed by atoms with Gasteiger partial charge in [0.1, 0.15) is 18.9 Å². The third kappa shape index (κ3) is 1.40. The van der Waals surface area contributed by atoms with E-state index < -0.39 is 5.91 Å². The molecule has 0 fully saturated rings. The largest absolute Gasteiger partial charge is 0.486 e. The summed E-state index contributed by atoms with van der Waals surface area (Å²) in [4.78, 5) is 14.6. The molecule has 68 valence electrons. The lowest BCUT2D eigenvalue weighted by Gasteiger charge is -2.17. The van der Waals surface area contributed by atoms with E-state index in [9.17, 15) is 4.79 Å². The zero-order chi connectivity index (χ0) is 9.26. The Bertz CT molecular complexity index is 351. The number of fused-ring (bicyclic) bond motifs is 1. The van der Waals surface area contributed by atoms with E-state index in [0.29, 0.717) is 24.7 Å². The topological polar surface area (TPSA) is 74.4 Å². The molecule has 0 atom stereocenters. The van der Waals surface area contributed by atoms with Crippen LogP contribution in [0.25, 0.3) is 0 Å². The smallest absolute Gasteiger partial charge is 0.267 e. The van der Waals surface area contributed by atoms with Crippen LogP contribution in [0, 0.1) is 0 Å². The first-order valence-electron chi connectivity index (χ1n) is 3.83. The van der Waals surface area contributed by atoms with E-state index in [0.717, 1.165) is 0 Å². The van der Waals surface area contributed by atoms with Gasteiger partial charge >= 0.3 is 0 Å². The van der Waals surface area contributed by atoms with Crippen LogP contribution in [0.4, 0.5) is 0 Å². The van der Waals surface area contributed by atoms with Crippen molar-refractivity contribution in [1.82, 2.24) is 4.98 Å². The van der Waals surface area contributed by atoms with Gasteiger partial charge in [-0.2, -0.15) is 0 Å².